The molecule has 0 atom stereocenters. The summed E-state index contributed by atoms with van der Waals surface area (Å²) in [4.78, 5) is 0. The molecule has 2 rings (SSSR count). The first-order valence-corrected chi connectivity index (χ1v) is 11.0. The Kier molecular flexibility index (Phi) is 4.40. The van der Waals surface area contributed by atoms with Crippen LogP contribution in [0.1, 0.15) is 11.1 Å². The molecule has 0 unspecified atom stereocenters. The van der Waals surface area contributed by atoms with Crippen LogP contribution in [-0.4, -0.2) is 8.32 Å². The highest BCUT2D eigenvalue weighted by atomic mass is 79.9. The Morgan fingerprint density at radius 2 is 1.60 bits per heavy atom. The summed E-state index contributed by atoms with van der Waals surface area (Å²) in [6.45, 7) is 10.9. The zero-order chi connectivity index (χ0) is 14.9. The number of halogens is 1. The summed E-state index contributed by atoms with van der Waals surface area (Å²) in [5.41, 5.74) is 4.98. The molecular formula is C17H21BrOSi. The first-order valence-electron chi connectivity index (χ1n) is 6.84. The Morgan fingerprint density at radius 3 is 2.15 bits per heavy atom. The van der Waals surface area contributed by atoms with Crippen molar-refractivity contribution in [2.24, 2.45) is 0 Å². The molecule has 0 bridgehead atoms. The minimum atomic E-state index is -1.66. The van der Waals surface area contributed by atoms with Gasteiger partial charge in [0.1, 0.15) is 5.75 Å². The zero-order valence-corrected chi connectivity index (χ0v) is 15.3. The summed E-state index contributed by atoms with van der Waals surface area (Å²) < 4.78 is 7.39. The van der Waals surface area contributed by atoms with E-state index in [2.05, 4.69) is 79.8 Å². The topological polar surface area (TPSA) is 9.23 Å². The zero-order valence-electron chi connectivity index (χ0n) is 12.8. The standard InChI is InChI=1S/C17H21BrOSi/c1-12-11-15(18)17(19-20(3,4)5)16(13(12)2)14-9-7-6-8-10-14/h6-11H,1-5H3. The van der Waals surface area contributed by atoms with Gasteiger partial charge in [0, 0.05) is 5.56 Å². The van der Waals surface area contributed by atoms with E-state index in [1.54, 1.807) is 0 Å². The van der Waals surface area contributed by atoms with Gasteiger partial charge in [0.05, 0.1) is 4.47 Å². The van der Waals surface area contributed by atoms with Crippen molar-refractivity contribution in [2.45, 2.75) is 33.5 Å². The summed E-state index contributed by atoms with van der Waals surface area (Å²) >= 11 is 3.68. The smallest absolute Gasteiger partial charge is 0.242 e. The minimum Gasteiger partial charge on any atom is -0.543 e. The molecule has 0 fully saturated rings. The Hall–Kier alpha value is -1.06. The van der Waals surface area contributed by atoms with Crippen LogP contribution in [0, 0.1) is 13.8 Å². The molecule has 0 heterocycles. The number of aryl methyl sites for hydroxylation is 1. The van der Waals surface area contributed by atoms with Gasteiger partial charge in [-0.1, -0.05) is 30.3 Å². The highest BCUT2D eigenvalue weighted by Gasteiger charge is 2.22. The van der Waals surface area contributed by atoms with Crippen LogP contribution in [-0.2, 0) is 0 Å². The van der Waals surface area contributed by atoms with Crippen molar-refractivity contribution >= 4 is 24.2 Å². The van der Waals surface area contributed by atoms with Crippen LogP contribution < -0.4 is 4.43 Å². The van der Waals surface area contributed by atoms with Gasteiger partial charge in [0.25, 0.3) is 0 Å². The van der Waals surface area contributed by atoms with Gasteiger partial charge < -0.3 is 4.43 Å². The molecular weight excluding hydrogens is 328 g/mol. The maximum Gasteiger partial charge on any atom is 0.242 e. The molecule has 106 valence electrons. The van der Waals surface area contributed by atoms with Crippen molar-refractivity contribution in [3.05, 3.63) is 52.0 Å². The van der Waals surface area contributed by atoms with Gasteiger partial charge in [0.2, 0.25) is 8.32 Å². The average molecular weight is 349 g/mol. The van der Waals surface area contributed by atoms with E-state index < -0.39 is 8.32 Å². The van der Waals surface area contributed by atoms with Gasteiger partial charge in [-0.25, -0.2) is 0 Å². The maximum atomic E-state index is 6.35. The average Bonchev–Trinajstić information content (AvgIpc) is 2.36. The van der Waals surface area contributed by atoms with Crippen LogP contribution in [0.25, 0.3) is 11.1 Å². The van der Waals surface area contributed by atoms with E-state index in [-0.39, 0.29) is 0 Å². The van der Waals surface area contributed by atoms with Crippen LogP contribution in [0.2, 0.25) is 19.6 Å². The fraction of sp³-hybridized carbons (Fsp3) is 0.294. The van der Waals surface area contributed by atoms with Crippen LogP contribution in [0.4, 0.5) is 0 Å². The van der Waals surface area contributed by atoms with E-state index >= 15 is 0 Å². The predicted molar refractivity (Wildman–Crippen MR) is 93.0 cm³/mol. The third kappa shape index (κ3) is 3.33. The van der Waals surface area contributed by atoms with Crippen molar-refractivity contribution in [2.75, 3.05) is 0 Å². The van der Waals surface area contributed by atoms with Crippen molar-refractivity contribution in [1.29, 1.82) is 0 Å². The first kappa shape index (κ1) is 15.3. The second-order valence-corrected chi connectivity index (χ2v) is 11.4. The molecule has 0 aliphatic rings. The molecule has 0 aromatic heterocycles. The van der Waals surface area contributed by atoms with Crippen LogP contribution in [0.3, 0.4) is 0 Å². The predicted octanol–water partition coefficient (Wildman–Crippen LogP) is 5.95. The lowest BCUT2D eigenvalue weighted by atomic mass is 9.96. The lowest BCUT2D eigenvalue weighted by Crippen LogP contribution is -2.29. The van der Waals surface area contributed by atoms with E-state index in [0.29, 0.717) is 0 Å². The van der Waals surface area contributed by atoms with Gasteiger partial charge in [-0.2, -0.15) is 0 Å². The van der Waals surface area contributed by atoms with Crippen molar-refractivity contribution in [1.82, 2.24) is 0 Å². The number of hydrogen-bond donors (Lipinski definition) is 0. The summed E-state index contributed by atoms with van der Waals surface area (Å²) in [7, 11) is -1.66. The largest absolute Gasteiger partial charge is 0.543 e. The summed E-state index contributed by atoms with van der Waals surface area (Å²) in [6, 6.07) is 12.6. The Bertz CT molecular complexity index is 615. The normalized spacial score (nSPS) is 11.5. The Labute approximate surface area is 131 Å². The van der Waals surface area contributed by atoms with E-state index in [9.17, 15) is 0 Å². The van der Waals surface area contributed by atoms with Gasteiger partial charge in [-0.05, 0) is 72.2 Å². The highest BCUT2D eigenvalue weighted by Crippen LogP contribution is 2.41. The van der Waals surface area contributed by atoms with Gasteiger partial charge in [-0.3, -0.25) is 0 Å². The fourth-order valence-corrected chi connectivity index (χ4v) is 3.81. The fourth-order valence-electron chi connectivity index (χ4n) is 2.21. The molecule has 0 amide bonds. The molecule has 3 heteroatoms. The first-order chi connectivity index (χ1) is 9.29. The molecule has 0 saturated heterocycles. The monoisotopic (exact) mass is 348 g/mol. The van der Waals surface area contributed by atoms with Crippen molar-refractivity contribution in [3.63, 3.8) is 0 Å². The number of benzene rings is 2. The highest BCUT2D eigenvalue weighted by molar-refractivity contribution is 9.10. The van der Waals surface area contributed by atoms with Crippen molar-refractivity contribution in [3.8, 4) is 16.9 Å². The van der Waals surface area contributed by atoms with E-state index in [1.165, 1.54) is 22.3 Å². The van der Waals surface area contributed by atoms with Gasteiger partial charge >= 0.3 is 0 Å². The molecule has 0 saturated carbocycles. The van der Waals surface area contributed by atoms with Gasteiger partial charge in [0.15, 0.2) is 0 Å². The van der Waals surface area contributed by atoms with Crippen LogP contribution in [0.5, 0.6) is 5.75 Å². The molecule has 0 N–H and O–H groups in total. The number of hydrogen-bond acceptors (Lipinski definition) is 1. The third-order valence-corrected chi connectivity index (χ3v) is 4.63. The maximum absolute atomic E-state index is 6.35. The lowest BCUT2D eigenvalue weighted by Gasteiger charge is -2.25. The molecule has 0 spiro atoms. The van der Waals surface area contributed by atoms with E-state index in [4.69, 9.17) is 4.43 Å². The van der Waals surface area contributed by atoms with Gasteiger partial charge in [-0.15, -0.1) is 0 Å². The molecule has 20 heavy (non-hydrogen) atoms. The van der Waals surface area contributed by atoms with E-state index in [0.717, 1.165) is 10.2 Å². The molecule has 0 radical (unpaired) electrons. The second-order valence-electron chi connectivity index (χ2n) is 6.08. The Morgan fingerprint density at radius 1 is 1.00 bits per heavy atom. The quantitative estimate of drug-likeness (QED) is 0.623. The molecule has 0 aliphatic carbocycles. The van der Waals surface area contributed by atoms with E-state index in [1.807, 2.05) is 6.07 Å². The third-order valence-electron chi connectivity index (χ3n) is 3.22. The van der Waals surface area contributed by atoms with Crippen LogP contribution in [0.15, 0.2) is 40.9 Å². The molecule has 1 nitrogen and oxygen atoms in total. The second kappa shape index (κ2) is 5.74. The Balaban J connectivity index is 2.70. The summed E-state index contributed by atoms with van der Waals surface area (Å²) in [5.74, 6) is 0.985. The SMILES string of the molecule is Cc1cc(Br)c(O[Si](C)(C)C)c(-c2ccccc2)c1C. The van der Waals surface area contributed by atoms with Crippen LogP contribution >= 0.6 is 15.9 Å². The lowest BCUT2D eigenvalue weighted by molar-refractivity contribution is 0.555. The molecule has 0 aliphatic heterocycles. The summed E-state index contributed by atoms with van der Waals surface area (Å²) in [6.07, 6.45) is 0. The summed E-state index contributed by atoms with van der Waals surface area (Å²) in [5, 5.41) is 0. The number of rotatable bonds is 3. The minimum absolute atomic E-state index is 0.985. The molecule has 2 aromatic rings. The molecule has 2 aromatic carbocycles. The van der Waals surface area contributed by atoms with Crippen molar-refractivity contribution < 1.29 is 4.43 Å².